The summed E-state index contributed by atoms with van der Waals surface area (Å²) in [6.45, 7) is 18.8. The standard InChI is InChI=1S/C26H36OSi/c1-25(2,3)19-16-21(26(4,5)6)24(27-7)23(17-19)28(8,9)22-15-14-18-12-10-11-13-20(18)22/h10-17,22H,1-9H3. The Hall–Kier alpha value is -1.80. The zero-order valence-electron chi connectivity index (χ0n) is 19.1. The van der Waals surface area contributed by atoms with Gasteiger partial charge in [-0.1, -0.05) is 103 Å². The summed E-state index contributed by atoms with van der Waals surface area (Å²) < 4.78 is 6.12. The highest BCUT2D eigenvalue weighted by atomic mass is 28.3. The van der Waals surface area contributed by atoms with E-state index in [4.69, 9.17) is 4.74 Å². The van der Waals surface area contributed by atoms with Crippen LogP contribution in [0.15, 0.2) is 42.5 Å². The molecule has 0 bridgehead atoms. The minimum atomic E-state index is -1.90. The average molecular weight is 393 g/mol. The van der Waals surface area contributed by atoms with Crippen LogP contribution in [0, 0.1) is 0 Å². The van der Waals surface area contributed by atoms with Crippen LogP contribution in [-0.4, -0.2) is 15.2 Å². The third kappa shape index (κ3) is 3.59. The fraction of sp³-hybridized carbons (Fsp3) is 0.462. The Labute approximate surface area is 172 Å². The summed E-state index contributed by atoms with van der Waals surface area (Å²) in [5, 5.41) is 1.44. The molecule has 1 aliphatic carbocycles. The van der Waals surface area contributed by atoms with Crippen LogP contribution in [0.5, 0.6) is 5.75 Å². The first-order valence-electron chi connectivity index (χ1n) is 10.4. The predicted octanol–water partition coefficient (Wildman–Crippen LogP) is 6.56. The lowest BCUT2D eigenvalue weighted by Crippen LogP contribution is -2.48. The predicted molar refractivity (Wildman–Crippen MR) is 126 cm³/mol. The van der Waals surface area contributed by atoms with Crippen LogP contribution in [0.3, 0.4) is 0 Å². The number of allylic oxidation sites excluding steroid dienone is 1. The Bertz CT molecular complexity index is 907. The molecule has 150 valence electrons. The van der Waals surface area contributed by atoms with Crippen molar-refractivity contribution in [3.05, 3.63) is 64.7 Å². The lowest BCUT2D eigenvalue weighted by Gasteiger charge is -2.36. The molecule has 1 aliphatic rings. The minimum absolute atomic E-state index is 0.0370. The highest BCUT2D eigenvalue weighted by molar-refractivity contribution is 6.92. The van der Waals surface area contributed by atoms with Gasteiger partial charge < -0.3 is 4.74 Å². The van der Waals surface area contributed by atoms with Gasteiger partial charge in [-0.15, -0.1) is 0 Å². The first-order valence-corrected chi connectivity index (χ1v) is 13.5. The molecule has 0 N–H and O–H groups in total. The monoisotopic (exact) mass is 392 g/mol. The van der Waals surface area contributed by atoms with Crippen molar-refractivity contribution < 1.29 is 4.74 Å². The van der Waals surface area contributed by atoms with Crippen molar-refractivity contribution in [3.63, 3.8) is 0 Å². The largest absolute Gasteiger partial charge is 0.497 e. The van der Waals surface area contributed by atoms with Gasteiger partial charge in [-0.3, -0.25) is 0 Å². The Kier molecular flexibility index (Phi) is 5.16. The number of methoxy groups -OCH3 is 1. The second-order valence-electron chi connectivity index (χ2n) is 10.8. The molecule has 0 fully saturated rings. The Balaban J connectivity index is 2.27. The van der Waals surface area contributed by atoms with Gasteiger partial charge in [0.15, 0.2) is 0 Å². The maximum Gasteiger partial charge on any atom is 0.121 e. The number of benzene rings is 2. The smallest absolute Gasteiger partial charge is 0.121 e. The van der Waals surface area contributed by atoms with Crippen molar-refractivity contribution in [1.29, 1.82) is 0 Å². The van der Waals surface area contributed by atoms with Gasteiger partial charge in [0.25, 0.3) is 0 Å². The van der Waals surface area contributed by atoms with Gasteiger partial charge in [-0.05, 0) is 38.3 Å². The second kappa shape index (κ2) is 6.91. The topological polar surface area (TPSA) is 9.23 Å². The summed E-state index contributed by atoms with van der Waals surface area (Å²) in [4.78, 5) is 0. The van der Waals surface area contributed by atoms with E-state index < -0.39 is 8.07 Å². The third-order valence-electron chi connectivity index (χ3n) is 6.24. The van der Waals surface area contributed by atoms with Crippen LogP contribution < -0.4 is 9.92 Å². The molecule has 2 aromatic carbocycles. The van der Waals surface area contributed by atoms with Gasteiger partial charge in [0.2, 0.25) is 0 Å². The number of fused-ring (bicyclic) bond motifs is 1. The zero-order valence-corrected chi connectivity index (χ0v) is 20.1. The van der Waals surface area contributed by atoms with Crippen LogP contribution >= 0.6 is 0 Å². The van der Waals surface area contributed by atoms with Crippen molar-refractivity contribution in [2.45, 2.75) is 71.0 Å². The van der Waals surface area contributed by atoms with Crippen LogP contribution in [0.1, 0.15) is 69.3 Å². The van der Waals surface area contributed by atoms with Crippen molar-refractivity contribution in [2.24, 2.45) is 0 Å². The molecule has 1 atom stereocenters. The molecule has 3 rings (SSSR count). The summed E-state index contributed by atoms with van der Waals surface area (Å²) in [5.41, 5.74) is 6.19. The number of rotatable bonds is 3. The molecular formula is C26H36OSi. The van der Waals surface area contributed by atoms with E-state index in [0.29, 0.717) is 5.54 Å². The van der Waals surface area contributed by atoms with Crippen LogP contribution in [-0.2, 0) is 10.8 Å². The molecule has 0 radical (unpaired) electrons. The molecule has 2 heteroatoms. The lowest BCUT2D eigenvalue weighted by molar-refractivity contribution is 0.399. The van der Waals surface area contributed by atoms with Crippen LogP contribution in [0.2, 0.25) is 13.1 Å². The van der Waals surface area contributed by atoms with Gasteiger partial charge in [0.05, 0.1) is 15.2 Å². The van der Waals surface area contributed by atoms with E-state index >= 15 is 0 Å². The lowest BCUT2D eigenvalue weighted by atomic mass is 9.80. The molecule has 0 saturated heterocycles. The molecule has 28 heavy (non-hydrogen) atoms. The average Bonchev–Trinajstić information content (AvgIpc) is 3.03. The van der Waals surface area contributed by atoms with E-state index in [1.807, 2.05) is 7.11 Å². The summed E-state index contributed by atoms with van der Waals surface area (Å²) in [5.74, 6) is 1.11. The van der Waals surface area contributed by atoms with Crippen molar-refractivity contribution in [3.8, 4) is 5.75 Å². The summed E-state index contributed by atoms with van der Waals surface area (Å²) in [6.07, 6.45) is 4.73. The van der Waals surface area contributed by atoms with Gasteiger partial charge in [-0.2, -0.15) is 0 Å². The molecule has 2 aromatic rings. The Morgan fingerprint density at radius 3 is 2.11 bits per heavy atom. The summed E-state index contributed by atoms with van der Waals surface area (Å²) >= 11 is 0. The highest BCUT2D eigenvalue weighted by Crippen LogP contribution is 2.41. The highest BCUT2D eigenvalue weighted by Gasteiger charge is 2.40. The first kappa shape index (κ1) is 20.9. The van der Waals surface area contributed by atoms with Crippen molar-refractivity contribution >= 4 is 19.3 Å². The Morgan fingerprint density at radius 1 is 0.893 bits per heavy atom. The van der Waals surface area contributed by atoms with E-state index in [-0.39, 0.29) is 10.8 Å². The van der Waals surface area contributed by atoms with E-state index in [9.17, 15) is 0 Å². The molecule has 0 amide bonds. The van der Waals surface area contributed by atoms with E-state index in [0.717, 1.165) is 5.75 Å². The van der Waals surface area contributed by atoms with Gasteiger partial charge >= 0.3 is 0 Å². The Morgan fingerprint density at radius 2 is 1.54 bits per heavy atom. The molecular weight excluding hydrogens is 356 g/mol. The molecule has 0 aromatic heterocycles. The van der Waals surface area contributed by atoms with Gasteiger partial charge in [0.1, 0.15) is 5.75 Å². The fourth-order valence-electron chi connectivity index (χ4n) is 4.36. The fourth-order valence-corrected chi connectivity index (χ4v) is 7.67. The van der Waals surface area contributed by atoms with E-state index in [2.05, 4.69) is 103 Å². The number of hydrogen-bond acceptors (Lipinski definition) is 1. The molecule has 0 spiro atoms. The van der Waals surface area contributed by atoms with Crippen LogP contribution in [0.25, 0.3) is 6.08 Å². The maximum atomic E-state index is 6.12. The molecule has 1 unspecified atom stereocenters. The minimum Gasteiger partial charge on any atom is -0.497 e. The SMILES string of the molecule is COc1c(C(C)(C)C)cc(C(C)(C)C)cc1[Si](C)(C)C1C=Cc2ccccc21. The summed E-state index contributed by atoms with van der Waals surface area (Å²) in [6, 6.07) is 13.7. The molecule has 1 nitrogen and oxygen atoms in total. The van der Waals surface area contributed by atoms with E-state index in [1.165, 1.54) is 27.4 Å². The molecule has 0 saturated carbocycles. The van der Waals surface area contributed by atoms with Crippen molar-refractivity contribution in [2.75, 3.05) is 7.11 Å². The zero-order chi connectivity index (χ0) is 20.9. The van der Waals surface area contributed by atoms with Crippen molar-refractivity contribution in [1.82, 2.24) is 0 Å². The van der Waals surface area contributed by atoms with E-state index in [1.54, 1.807) is 0 Å². The molecule has 0 aliphatic heterocycles. The quantitative estimate of drug-likeness (QED) is 0.538. The maximum absolute atomic E-state index is 6.12. The van der Waals surface area contributed by atoms with Crippen LogP contribution in [0.4, 0.5) is 0 Å². The van der Waals surface area contributed by atoms with Gasteiger partial charge in [-0.25, -0.2) is 0 Å². The second-order valence-corrected chi connectivity index (χ2v) is 15.4. The first-order chi connectivity index (χ1) is 12.9. The number of hydrogen-bond donors (Lipinski definition) is 0. The normalized spacial score (nSPS) is 17.0. The molecule has 0 heterocycles. The third-order valence-corrected chi connectivity index (χ3v) is 10.1. The summed E-state index contributed by atoms with van der Waals surface area (Å²) in [7, 11) is -0.0543. The van der Waals surface area contributed by atoms with Gasteiger partial charge in [0, 0.05) is 5.54 Å². The number of ether oxygens (including phenoxy) is 1.